The third-order valence-electron chi connectivity index (χ3n) is 8.33. The zero-order valence-electron chi connectivity index (χ0n) is 26.7. The minimum atomic E-state index is -4.57. The molecule has 0 aliphatic carbocycles. The molecular formula is C42H27F6N3. The van der Waals surface area contributed by atoms with E-state index in [2.05, 4.69) is 0 Å². The molecule has 252 valence electrons. The summed E-state index contributed by atoms with van der Waals surface area (Å²) < 4.78 is 83.3. The summed E-state index contributed by atoms with van der Waals surface area (Å²) in [6.45, 7) is 0. The van der Waals surface area contributed by atoms with Crippen molar-refractivity contribution in [2.24, 2.45) is 0 Å². The maximum atomic E-state index is 13.9. The molecule has 3 nitrogen and oxygen atoms in total. The Bertz CT molecular complexity index is 2140. The smallest absolute Gasteiger partial charge is 0.279 e. The molecule has 0 amide bonds. The van der Waals surface area contributed by atoms with Crippen molar-refractivity contribution in [1.29, 1.82) is 0 Å². The molecule has 2 aromatic heterocycles. The average Bonchev–Trinajstić information content (AvgIpc) is 3.15. The van der Waals surface area contributed by atoms with Crippen molar-refractivity contribution in [3.63, 3.8) is 0 Å². The van der Waals surface area contributed by atoms with E-state index in [9.17, 15) is 26.3 Å². The molecular weight excluding hydrogens is 660 g/mol. The van der Waals surface area contributed by atoms with Crippen LogP contribution in [0.4, 0.5) is 43.7 Å². The number of para-hydroxylation sites is 1. The van der Waals surface area contributed by atoms with E-state index in [1.165, 1.54) is 12.1 Å². The summed E-state index contributed by atoms with van der Waals surface area (Å²) in [6, 6.07) is 44.7. The van der Waals surface area contributed by atoms with Crippen LogP contribution in [0.25, 0.3) is 44.8 Å². The second-order valence-corrected chi connectivity index (χ2v) is 11.7. The molecule has 9 heteroatoms. The summed E-state index contributed by atoms with van der Waals surface area (Å²) in [7, 11) is 0. The largest absolute Gasteiger partial charge is 0.416 e. The number of hydrogen-bond donors (Lipinski definition) is 0. The predicted octanol–water partition coefficient (Wildman–Crippen LogP) is 12.7. The quantitative estimate of drug-likeness (QED) is 0.156. The van der Waals surface area contributed by atoms with Crippen molar-refractivity contribution >= 4 is 17.3 Å². The van der Waals surface area contributed by atoms with Crippen molar-refractivity contribution in [3.05, 3.63) is 175 Å². The lowest BCUT2D eigenvalue weighted by Gasteiger charge is -2.26. The van der Waals surface area contributed by atoms with Crippen LogP contribution in [0.1, 0.15) is 11.1 Å². The standard InChI is InChI=1S/C42H27F6N3/c43-41(44,45)32-18-10-16-30(26-32)39-35(28-12-4-1-5-13-28)22-24-37(49-39)51(34-20-8-3-9-21-34)38-25-23-36(29-14-6-2-7-15-29)40(50-38)31-17-11-19-33(27-31)42(46,47)48/h1-27H. The minimum absolute atomic E-state index is 0.260. The fourth-order valence-electron chi connectivity index (χ4n) is 5.93. The third kappa shape index (κ3) is 7.10. The molecule has 0 unspecified atom stereocenters. The molecule has 2 heterocycles. The Labute approximate surface area is 290 Å². The van der Waals surface area contributed by atoms with E-state index in [1.54, 1.807) is 41.3 Å². The fourth-order valence-corrected chi connectivity index (χ4v) is 5.93. The number of aromatic nitrogens is 2. The van der Waals surface area contributed by atoms with Crippen LogP contribution in [-0.2, 0) is 12.4 Å². The summed E-state index contributed by atoms with van der Waals surface area (Å²) in [4.78, 5) is 11.7. The van der Waals surface area contributed by atoms with Gasteiger partial charge in [0.25, 0.3) is 0 Å². The lowest BCUT2D eigenvalue weighted by Crippen LogP contribution is -2.14. The molecule has 0 N–H and O–H groups in total. The molecule has 0 atom stereocenters. The minimum Gasteiger partial charge on any atom is -0.279 e. The number of pyridine rings is 2. The second kappa shape index (κ2) is 13.6. The molecule has 0 saturated carbocycles. The van der Waals surface area contributed by atoms with Gasteiger partial charge in [0.05, 0.1) is 22.5 Å². The number of benzene rings is 5. The fraction of sp³-hybridized carbons (Fsp3) is 0.0476. The van der Waals surface area contributed by atoms with Crippen LogP contribution < -0.4 is 4.90 Å². The molecule has 0 radical (unpaired) electrons. The highest BCUT2D eigenvalue weighted by molar-refractivity contribution is 5.86. The Morgan fingerprint density at radius 3 is 1.14 bits per heavy atom. The topological polar surface area (TPSA) is 29.0 Å². The van der Waals surface area contributed by atoms with Crippen molar-refractivity contribution in [3.8, 4) is 44.8 Å². The van der Waals surface area contributed by atoms with E-state index < -0.39 is 23.5 Å². The summed E-state index contributed by atoms with van der Waals surface area (Å²) in [5.41, 5.74) is 2.89. The maximum absolute atomic E-state index is 13.9. The zero-order valence-corrected chi connectivity index (χ0v) is 26.7. The van der Waals surface area contributed by atoms with Crippen LogP contribution in [0.2, 0.25) is 0 Å². The Morgan fingerprint density at radius 1 is 0.373 bits per heavy atom. The highest BCUT2D eigenvalue weighted by Crippen LogP contribution is 2.42. The summed E-state index contributed by atoms with van der Waals surface area (Å²) in [6.07, 6.45) is -9.14. The molecule has 5 aromatic carbocycles. The van der Waals surface area contributed by atoms with Gasteiger partial charge in [-0.25, -0.2) is 9.97 Å². The van der Waals surface area contributed by atoms with Crippen molar-refractivity contribution in [2.75, 3.05) is 4.90 Å². The van der Waals surface area contributed by atoms with Gasteiger partial charge in [0.1, 0.15) is 11.6 Å². The summed E-state index contributed by atoms with van der Waals surface area (Å²) in [5, 5.41) is 0. The molecule has 0 aliphatic rings. The van der Waals surface area contributed by atoms with Gasteiger partial charge in [-0.05, 0) is 71.8 Å². The monoisotopic (exact) mass is 687 g/mol. The van der Waals surface area contributed by atoms with E-state index in [4.69, 9.17) is 9.97 Å². The molecule has 7 rings (SSSR count). The summed E-state index contributed by atoms with van der Waals surface area (Å²) in [5.74, 6) is 0.673. The van der Waals surface area contributed by atoms with Crippen LogP contribution in [0.15, 0.2) is 164 Å². The number of anilines is 3. The van der Waals surface area contributed by atoms with Crippen LogP contribution >= 0.6 is 0 Å². The molecule has 51 heavy (non-hydrogen) atoms. The lowest BCUT2D eigenvalue weighted by atomic mass is 9.97. The van der Waals surface area contributed by atoms with Crippen molar-refractivity contribution in [1.82, 2.24) is 9.97 Å². The predicted molar refractivity (Wildman–Crippen MR) is 188 cm³/mol. The van der Waals surface area contributed by atoms with Crippen molar-refractivity contribution < 1.29 is 26.3 Å². The highest BCUT2D eigenvalue weighted by Gasteiger charge is 2.32. The van der Waals surface area contributed by atoms with Gasteiger partial charge in [-0.15, -0.1) is 0 Å². The van der Waals surface area contributed by atoms with Gasteiger partial charge in [0.2, 0.25) is 0 Å². The third-order valence-corrected chi connectivity index (χ3v) is 8.33. The lowest BCUT2D eigenvalue weighted by molar-refractivity contribution is -0.138. The van der Waals surface area contributed by atoms with Gasteiger partial charge in [-0.1, -0.05) is 103 Å². The van der Waals surface area contributed by atoms with Crippen LogP contribution in [0.3, 0.4) is 0 Å². The molecule has 7 aromatic rings. The Morgan fingerprint density at radius 2 is 0.745 bits per heavy atom. The summed E-state index contributed by atoms with van der Waals surface area (Å²) >= 11 is 0. The Kier molecular flexibility index (Phi) is 8.87. The number of halogens is 6. The van der Waals surface area contributed by atoms with Crippen LogP contribution in [-0.4, -0.2) is 9.97 Å². The van der Waals surface area contributed by atoms with E-state index in [0.29, 0.717) is 39.8 Å². The number of nitrogens with zero attached hydrogens (tertiary/aromatic N) is 3. The average molecular weight is 688 g/mol. The van der Waals surface area contributed by atoms with E-state index >= 15 is 0 Å². The molecule has 0 saturated heterocycles. The normalized spacial score (nSPS) is 11.7. The molecule has 0 bridgehead atoms. The zero-order chi connectivity index (χ0) is 35.6. The van der Waals surface area contributed by atoms with Crippen molar-refractivity contribution in [2.45, 2.75) is 12.4 Å². The van der Waals surface area contributed by atoms with Gasteiger partial charge >= 0.3 is 12.4 Å². The van der Waals surface area contributed by atoms with Gasteiger partial charge in [-0.3, -0.25) is 4.90 Å². The van der Waals surface area contributed by atoms with E-state index in [1.807, 2.05) is 91.0 Å². The van der Waals surface area contributed by atoms with Gasteiger partial charge < -0.3 is 0 Å². The van der Waals surface area contributed by atoms with Crippen LogP contribution in [0, 0.1) is 0 Å². The first kappa shape index (κ1) is 33.3. The van der Waals surface area contributed by atoms with Gasteiger partial charge in [0, 0.05) is 27.9 Å². The Hall–Kier alpha value is -6.22. The van der Waals surface area contributed by atoms with E-state index in [-0.39, 0.29) is 11.1 Å². The number of hydrogen-bond acceptors (Lipinski definition) is 3. The molecule has 0 aliphatic heterocycles. The van der Waals surface area contributed by atoms with Gasteiger partial charge in [-0.2, -0.15) is 26.3 Å². The first-order chi connectivity index (χ1) is 24.6. The number of alkyl halides is 6. The molecule has 0 fully saturated rings. The first-order valence-electron chi connectivity index (χ1n) is 15.9. The molecule has 0 spiro atoms. The number of rotatable bonds is 7. The second-order valence-electron chi connectivity index (χ2n) is 11.7. The maximum Gasteiger partial charge on any atom is 0.416 e. The van der Waals surface area contributed by atoms with Gasteiger partial charge in [0.15, 0.2) is 0 Å². The highest BCUT2D eigenvalue weighted by atomic mass is 19.4. The van der Waals surface area contributed by atoms with Crippen LogP contribution in [0.5, 0.6) is 0 Å². The Balaban J connectivity index is 1.46. The first-order valence-corrected chi connectivity index (χ1v) is 15.9. The SMILES string of the molecule is FC(F)(F)c1cccc(-c2nc(N(c3ccccc3)c3ccc(-c4ccccc4)c(-c4cccc(C(F)(F)F)c4)n3)ccc2-c2ccccc2)c1. The van der Waals surface area contributed by atoms with E-state index in [0.717, 1.165) is 35.4 Å².